The number of hydrogen-bond donors (Lipinski definition) is 1. The van der Waals surface area contributed by atoms with E-state index in [4.69, 9.17) is 10.1 Å². The summed E-state index contributed by atoms with van der Waals surface area (Å²) in [4.78, 5) is 11.3. The fourth-order valence-electron chi connectivity index (χ4n) is 1.49. The maximum absolute atomic E-state index is 14.0. The Morgan fingerprint density at radius 2 is 1.79 bits per heavy atom. The molecule has 2 aromatic carbocycles. The second kappa shape index (κ2) is 5.39. The fourth-order valence-corrected chi connectivity index (χ4v) is 1.49. The van der Waals surface area contributed by atoms with Crippen molar-refractivity contribution in [1.82, 2.24) is 0 Å². The van der Waals surface area contributed by atoms with E-state index in [0.29, 0.717) is 6.21 Å². The lowest BCUT2D eigenvalue weighted by Gasteiger charge is -2.08. The summed E-state index contributed by atoms with van der Waals surface area (Å²) in [5, 5.41) is 6.83. The van der Waals surface area contributed by atoms with Gasteiger partial charge in [-0.25, -0.2) is 8.78 Å². The van der Waals surface area contributed by atoms with Crippen LogP contribution in [0.1, 0.15) is 10.4 Å². The number of Topliss-reactive ketones (excluding diaryl/α,β-unsaturated/α-hetero) is 1. The zero-order chi connectivity index (χ0) is 13.8. The number of ketones is 1. The van der Waals surface area contributed by atoms with E-state index in [2.05, 4.69) is 0 Å². The normalized spacial score (nSPS) is 10.0. The number of nitrogens with one attached hydrogen (secondary N) is 1. The van der Waals surface area contributed by atoms with Crippen molar-refractivity contribution in [2.45, 2.75) is 0 Å². The summed E-state index contributed by atoms with van der Waals surface area (Å²) < 4.78 is 31.9. The average Bonchev–Trinajstić information content (AvgIpc) is 2.43. The summed E-state index contributed by atoms with van der Waals surface area (Å²) in [5.74, 6) is -1.93. The molecular formula is C14H9F2NO2. The number of halogens is 2. The highest BCUT2D eigenvalue weighted by molar-refractivity contribution is 6.34. The van der Waals surface area contributed by atoms with E-state index in [1.54, 1.807) is 0 Å². The van der Waals surface area contributed by atoms with Gasteiger partial charge in [0, 0.05) is 0 Å². The van der Waals surface area contributed by atoms with Crippen LogP contribution in [-0.4, -0.2) is 12.0 Å². The van der Waals surface area contributed by atoms with E-state index in [1.165, 1.54) is 42.5 Å². The summed E-state index contributed by atoms with van der Waals surface area (Å²) in [7, 11) is 0. The molecule has 0 heterocycles. The minimum absolute atomic E-state index is 0.153. The van der Waals surface area contributed by atoms with Crippen LogP contribution in [0.5, 0.6) is 11.5 Å². The van der Waals surface area contributed by atoms with Gasteiger partial charge in [0.2, 0.25) is 5.78 Å². The molecule has 0 fully saturated rings. The Bertz CT molecular complexity index is 624. The summed E-state index contributed by atoms with van der Waals surface area (Å²) in [6.07, 6.45) is 0.528. The third-order valence-electron chi connectivity index (χ3n) is 2.40. The highest BCUT2D eigenvalue weighted by atomic mass is 19.1. The number of carbonyl (C=O) groups excluding carboxylic acids is 1. The molecule has 2 aromatic rings. The lowest BCUT2D eigenvalue weighted by molar-refractivity contribution is 0.106. The van der Waals surface area contributed by atoms with E-state index in [0.717, 1.165) is 0 Å². The van der Waals surface area contributed by atoms with Gasteiger partial charge in [0.1, 0.15) is 11.6 Å². The van der Waals surface area contributed by atoms with Crippen molar-refractivity contribution in [2.24, 2.45) is 0 Å². The topological polar surface area (TPSA) is 50.2 Å². The minimum atomic E-state index is -0.847. The number of ether oxygens (including phenoxy) is 1. The Labute approximate surface area is 108 Å². The molecule has 0 aliphatic rings. The predicted octanol–water partition coefficient (Wildman–Crippen LogP) is 3.59. The third kappa shape index (κ3) is 2.82. The van der Waals surface area contributed by atoms with Crippen LogP contribution in [0.4, 0.5) is 8.78 Å². The summed E-state index contributed by atoms with van der Waals surface area (Å²) >= 11 is 0. The van der Waals surface area contributed by atoms with Crippen LogP contribution in [0.2, 0.25) is 0 Å². The average molecular weight is 261 g/mol. The van der Waals surface area contributed by atoms with Gasteiger partial charge in [-0.05, 0) is 36.4 Å². The minimum Gasteiger partial charge on any atom is -0.454 e. The van der Waals surface area contributed by atoms with Gasteiger partial charge in [-0.15, -0.1) is 0 Å². The molecule has 0 amide bonds. The van der Waals surface area contributed by atoms with Crippen molar-refractivity contribution in [1.29, 1.82) is 5.41 Å². The van der Waals surface area contributed by atoms with Crippen LogP contribution < -0.4 is 4.74 Å². The van der Waals surface area contributed by atoms with Crippen molar-refractivity contribution in [2.75, 3.05) is 0 Å². The molecule has 0 saturated carbocycles. The lowest BCUT2D eigenvalue weighted by atomic mass is 10.1. The van der Waals surface area contributed by atoms with Crippen LogP contribution in [0.3, 0.4) is 0 Å². The lowest BCUT2D eigenvalue weighted by Crippen LogP contribution is -2.04. The van der Waals surface area contributed by atoms with Crippen LogP contribution in [0, 0.1) is 17.0 Å². The van der Waals surface area contributed by atoms with Crippen molar-refractivity contribution < 1.29 is 18.3 Å². The van der Waals surface area contributed by atoms with E-state index >= 15 is 0 Å². The van der Waals surface area contributed by atoms with Gasteiger partial charge in [-0.3, -0.25) is 4.79 Å². The van der Waals surface area contributed by atoms with E-state index in [-0.39, 0.29) is 17.1 Å². The van der Waals surface area contributed by atoms with Crippen LogP contribution in [-0.2, 0) is 0 Å². The molecule has 0 spiro atoms. The van der Waals surface area contributed by atoms with Crippen molar-refractivity contribution in [3.63, 3.8) is 0 Å². The smallest absolute Gasteiger partial charge is 0.206 e. The maximum atomic E-state index is 14.0. The quantitative estimate of drug-likeness (QED) is 0.675. The Hall–Kier alpha value is -2.56. The van der Waals surface area contributed by atoms with Gasteiger partial charge in [0.05, 0.1) is 11.8 Å². The second-order valence-corrected chi connectivity index (χ2v) is 3.68. The van der Waals surface area contributed by atoms with Crippen LogP contribution >= 0.6 is 0 Å². The molecule has 96 valence electrons. The van der Waals surface area contributed by atoms with E-state index in [9.17, 15) is 13.6 Å². The zero-order valence-electron chi connectivity index (χ0n) is 9.69. The first-order valence-electron chi connectivity index (χ1n) is 5.38. The van der Waals surface area contributed by atoms with Crippen molar-refractivity contribution in [3.8, 4) is 11.5 Å². The summed E-state index contributed by atoms with van der Waals surface area (Å²) in [6, 6.07) is 9.11. The molecular weight excluding hydrogens is 252 g/mol. The molecule has 0 radical (unpaired) electrons. The Kier molecular flexibility index (Phi) is 3.66. The monoisotopic (exact) mass is 261 g/mol. The van der Waals surface area contributed by atoms with Gasteiger partial charge < -0.3 is 10.1 Å². The molecule has 0 atom stereocenters. The molecule has 1 N–H and O–H groups in total. The fraction of sp³-hybridized carbons (Fsp3) is 0. The molecule has 0 aliphatic heterocycles. The molecule has 0 aromatic heterocycles. The molecule has 2 rings (SSSR count). The SMILES string of the molecule is N=CC(=O)c1cccc(Oc2ccc(F)cc2)c1F. The van der Waals surface area contributed by atoms with Crippen molar-refractivity contribution >= 4 is 12.0 Å². The molecule has 19 heavy (non-hydrogen) atoms. The number of hydrogen-bond acceptors (Lipinski definition) is 3. The number of benzene rings is 2. The molecule has 0 bridgehead atoms. The Morgan fingerprint density at radius 1 is 1.11 bits per heavy atom. The van der Waals surface area contributed by atoms with Gasteiger partial charge >= 0.3 is 0 Å². The van der Waals surface area contributed by atoms with Gasteiger partial charge in [-0.2, -0.15) is 0 Å². The van der Waals surface area contributed by atoms with Crippen molar-refractivity contribution in [3.05, 3.63) is 59.7 Å². The predicted molar refractivity (Wildman–Crippen MR) is 66.0 cm³/mol. The highest BCUT2D eigenvalue weighted by Crippen LogP contribution is 2.26. The number of carbonyl (C=O) groups is 1. The Morgan fingerprint density at radius 3 is 2.42 bits per heavy atom. The molecule has 0 unspecified atom stereocenters. The number of rotatable bonds is 4. The maximum Gasteiger partial charge on any atom is 0.206 e. The first-order valence-corrected chi connectivity index (χ1v) is 5.38. The first kappa shape index (κ1) is 12.9. The van der Waals surface area contributed by atoms with E-state index in [1.807, 2.05) is 0 Å². The highest BCUT2D eigenvalue weighted by Gasteiger charge is 2.14. The van der Waals surface area contributed by atoms with Gasteiger partial charge in [0.25, 0.3) is 0 Å². The van der Waals surface area contributed by atoms with Crippen LogP contribution in [0.25, 0.3) is 0 Å². The molecule has 0 aliphatic carbocycles. The van der Waals surface area contributed by atoms with Gasteiger partial charge in [0.15, 0.2) is 11.6 Å². The second-order valence-electron chi connectivity index (χ2n) is 3.68. The van der Waals surface area contributed by atoms with Gasteiger partial charge in [-0.1, -0.05) is 6.07 Å². The first-order chi connectivity index (χ1) is 9.11. The van der Waals surface area contributed by atoms with E-state index < -0.39 is 17.4 Å². The molecule has 0 saturated heterocycles. The molecule has 3 nitrogen and oxygen atoms in total. The Balaban J connectivity index is 2.33. The zero-order valence-corrected chi connectivity index (χ0v) is 9.69. The summed E-state index contributed by atoms with van der Waals surface area (Å²) in [6.45, 7) is 0. The van der Waals surface area contributed by atoms with Crippen LogP contribution in [0.15, 0.2) is 42.5 Å². The standard InChI is InChI=1S/C14H9F2NO2/c15-9-4-6-10(7-5-9)19-13-3-1-2-11(14(13)16)12(18)8-17/h1-8,17H. The largest absolute Gasteiger partial charge is 0.454 e. The summed E-state index contributed by atoms with van der Waals surface area (Å²) in [5.41, 5.74) is -0.241. The third-order valence-corrected chi connectivity index (χ3v) is 2.40. The molecule has 5 heteroatoms.